The van der Waals surface area contributed by atoms with E-state index in [1.807, 2.05) is 13.8 Å². The number of benzene rings is 3. The first kappa shape index (κ1) is 26.2. The Kier molecular flexibility index (Phi) is 8.22. The van der Waals surface area contributed by atoms with Crippen molar-refractivity contribution in [3.8, 4) is 0 Å². The topological polar surface area (TPSA) is 119 Å². The molecule has 3 aromatic rings. The molecule has 1 amide bonds. The highest BCUT2D eigenvalue weighted by atomic mass is 16.6. The molecule has 0 radical (unpaired) electrons. The van der Waals surface area contributed by atoms with Crippen LogP contribution in [0, 0.1) is 27.7 Å². The molecule has 0 fully saturated rings. The summed E-state index contributed by atoms with van der Waals surface area (Å²) >= 11 is 0. The SMILES string of the molecule is Cc1cccc(C(=O)O[C@H](C(=O)O)[C@@H](OC(=O)c2cccc(C)c2)C(=O)Nc2ccc(C)c(C)c2)c1. The highest BCUT2D eigenvalue weighted by Crippen LogP contribution is 2.19. The lowest BCUT2D eigenvalue weighted by Gasteiger charge is -2.24. The summed E-state index contributed by atoms with van der Waals surface area (Å²) in [6.07, 6.45) is -4.07. The average Bonchev–Trinajstić information content (AvgIpc) is 2.83. The first-order chi connectivity index (χ1) is 17.0. The molecular formula is C28H27NO7. The number of carboxylic acids is 1. The molecule has 0 unspecified atom stereocenters. The van der Waals surface area contributed by atoms with Gasteiger partial charge in [-0.25, -0.2) is 14.4 Å². The molecule has 3 aromatic carbocycles. The molecule has 8 heteroatoms. The zero-order chi connectivity index (χ0) is 26.4. The van der Waals surface area contributed by atoms with Crippen molar-refractivity contribution in [2.45, 2.75) is 39.9 Å². The maximum absolute atomic E-state index is 13.2. The Labute approximate surface area is 208 Å². The smallest absolute Gasteiger partial charge is 0.349 e. The maximum Gasteiger partial charge on any atom is 0.349 e. The van der Waals surface area contributed by atoms with Gasteiger partial charge in [-0.1, -0.05) is 41.5 Å². The van der Waals surface area contributed by atoms with Crippen LogP contribution in [0.3, 0.4) is 0 Å². The predicted octanol–water partition coefficient (Wildman–Crippen LogP) is 4.39. The van der Waals surface area contributed by atoms with Gasteiger partial charge in [-0.05, 0) is 75.2 Å². The van der Waals surface area contributed by atoms with Crippen LogP contribution < -0.4 is 5.32 Å². The molecule has 0 aliphatic rings. The molecule has 0 saturated heterocycles. The molecule has 2 atom stereocenters. The Bertz CT molecular complexity index is 1310. The van der Waals surface area contributed by atoms with Crippen molar-refractivity contribution in [1.29, 1.82) is 0 Å². The van der Waals surface area contributed by atoms with Gasteiger partial charge in [-0.15, -0.1) is 0 Å². The van der Waals surface area contributed by atoms with Gasteiger partial charge < -0.3 is 19.9 Å². The van der Waals surface area contributed by atoms with Crippen LogP contribution in [-0.4, -0.2) is 41.1 Å². The predicted molar refractivity (Wildman–Crippen MR) is 133 cm³/mol. The number of carbonyl (C=O) groups is 4. The second kappa shape index (κ2) is 11.3. The third kappa shape index (κ3) is 6.56. The Morgan fingerprint density at radius 2 is 1.22 bits per heavy atom. The molecule has 0 saturated carbocycles. The Morgan fingerprint density at radius 1 is 0.694 bits per heavy atom. The van der Waals surface area contributed by atoms with E-state index < -0.39 is 36.0 Å². The largest absolute Gasteiger partial charge is 0.478 e. The van der Waals surface area contributed by atoms with E-state index in [-0.39, 0.29) is 11.1 Å². The molecule has 186 valence electrons. The van der Waals surface area contributed by atoms with Crippen LogP contribution in [0.4, 0.5) is 5.69 Å². The van der Waals surface area contributed by atoms with Crippen molar-refractivity contribution in [1.82, 2.24) is 0 Å². The lowest BCUT2D eigenvalue weighted by molar-refractivity contribution is -0.157. The van der Waals surface area contributed by atoms with Gasteiger partial charge >= 0.3 is 17.9 Å². The lowest BCUT2D eigenvalue weighted by Crippen LogP contribution is -2.48. The van der Waals surface area contributed by atoms with Gasteiger partial charge in [0.25, 0.3) is 5.91 Å². The minimum Gasteiger partial charge on any atom is -0.478 e. The number of hydrogen-bond donors (Lipinski definition) is 2. The van der Waals surface area contributed by atoms with Gasteiger partial charge in [0.2, 0.25) is 12.2 Å². The van der Waals surface area contributed by atoms with Crippen molar-refractivity contribution in [3.05, 3.63) is 100 Å². The van der Waals surface area contributed by atoms with E-state index >= 15 is 0 Å². The fourth-order valence-electron chi connectivity index (χ4n) is 3.44. The van der Waals surface area contributed by atoms with E-state index in [0.29, 0.717) is 5.69 Å². The van der Waals surface area contributed by atoms with Crippen LogP contribution >= 0.6 is 0 Å². The normalized spacial score (nSPS) is 12.2. The number of nitrogens with one attached hydrogen (secondary N) is 1. The van der Waals surface area contributed by atoms with Gasteiger partial charge in [0, 0.05) is 5.69 Å². The molecule has 3 rings (SSSR count). The fraction of sp³-hybridized carbons (Fsp3) is 0.214. The zero-order valence-corrected chi connectivity index (χ0v) is 20.4. The molecular weight excluding hydrogens is 462 g/mol. The molecule has 0 heterocycles. The number of hydrogen-bond acceptors (Lipinski definition) is 6. The monoisotopic (exact) mass is 489 g/mol. The first-order valence-electron chi connectivity index (χ1n) is 11.2. The number of amides is 1. The van der Waals surface area contributed by atoms with Crippen molar-refractivity contribution in [2.24, 2.45) is 0 Å². The van der Waals surface area contributed by atoms with Crippen LogP contribution in [0.25, 0.3) is 0 Å². The number of anilines is 1. The van der Waals surface area contributed by atoms with Crippen molar-refractivity contribution in [2.75, 3.05) is 5.32 Å². The number of carboxylic acid groups (broad SMARTS) is 1. The van der Waals surface area contributed by atoms with Crippen LogP contribution in [0.15, 0.2) is 66.7 Å². The molecule has 0 aliphatic carbocycles. The van der Waals surface area contributed by atoms with Gasteiger partial charge in [0.15, 0.2) is 0 Å². The van der Waals surface area contributed by atoms with Gasteiger partial charge in [-0.2, -0.15) is 0 Å². The quantitative estimate of drug-likeness (QED) is 0.450. The molecule has 0 aromatic heterocycles. The molecule has 36 heavy (non-hydrogen) atoms. The standard InChI is InChI=1S/C28H27NO7/c1-16-7-5-9-20(13-16)27(33)35-23(25(30)29-22-12-11-18(3)19(4)15-22)24(26(31)32)36-28(34)21-10-6-8-17(2)14-21/h5-15,23-24H,1-4H3,(H,29,30)(H,31,32)/t23-,24+/m1/s1. The van der Waals surface area contributed by atoms with Gasteiger partial charge in [0.05, 0.1) is 11.1 Å². The van der Waals surface area contributed by atoms with E-state index in [9.17, 15) is 24.3 Å². The number of ether oxygens (including phenoxy) is 2. The summed E-state index contributed by atoms with van der Waals surface area (Å²) < 4.78 is 10.6. The van der Waals surface area contributed by atoms with Crippen molar-refractivity contribution in [3.63, 3.8) is 0 Å². The summed E-state index contributed by atoms with van der Waals surface area (Å²) in [4.78, 5) is 50.9. The molecule has 2 N–H and O–H groups in total. The third-order valence-corrected chi connectivity index (χ3v) is 5.53. The molecule has 0 bridgehead atoms. The average molecular weight is 490 g/mol. The van der Waals surface area contributed by atoms with E-state index in [1.54, 1.807) is 56.3 Å². The van der Waals surface area contributed by atoms with Gasteiger partial charge in [-0.3, -0.25) is 4.79 Å². The maximum atomic E-state index is 13.2. The Hall–Kier alpha value is -4.46. The van der Waals surface area contributed by atoms with Crippen LogP contribution in [0.2, 0.25) is 0 Å². The molecule has 8 nitrogen and oxygen atoms in total. The summed E-state index contributed by atoms with van der Waals surface area (Å²) in [6, 6.07) is 17.9. The number of carbonyl (C=O) groups excluding carboxylic acids is 3. The van der Waals surface area contributed by atoms with E-state index in [1.165, 1.54) is 24.3 Å². The summed E-state index contributed by atoms with van der Waals surface area (Å²) in [5.41, 5.74) is 3.99. The number of esters is 2. The fourth-order valence-corrected chi connectivity index (χ4v) is 3.44. The van der Waals surface area contributed by atoms with E-state index in [0.717, 1.165) is 22.3 Å². The van der Waals surface area contributed by atoms with E-state index in [2.05, 4.69) is 5.32 Å². The zero-order valence-electron chi connectivity index (χ0n) is 20.4. The lowest BCUT2D eigenvalue weighted by atomic mass is 10.1. The molecule has 0 aliphatic heterocycles. The van der Waals surface area contributed by atoms with Crippen molar-refractivity contribution < 1.29 is 33.8 Å². The highest BCUT2D eigenvalue weighted by Gasteiger charge is 2.41. The van der Waals surface area contributed by atoms with Gasteiger partial charge in [0.1, 0.15) is 0 Å². The minimum absolute atomic E-state index is 0.0968. The second-order valence-electron chi connectivity index (χ2n) is 8.52. The second-order valence-corrected chi connectivity index (χ2v) is 8.52. The summed E-state index contributed by atoms with van der Waals surface area (Å²) in [7, 11) is 0. The number of aryl methyl sites for hydroxylation is 4. The molecule has 0 spiro atoms. The minimum atomic E-state index is -2.10. The number of aliphatic carboxylic acids is 1. The van der Waals surface area contributed by atoms with Crippen LogP contribution in [0.1, 0.15) is 43.0 Å². The Morgan fingerprint density at radius 3 is 1.69 bits per heavy atom. The summed E-state index contributed by atoms with van der Waals surface area (Å²) in [5, 5.41) is 12.4. The summed E-state index contributed by atoms with van der Waals surface area (Å²) in [5.74, 6) is -4.50. The van der Waals surface area contributed by atoms with Crippen molar-refractivity contribution >= 4 is 29.5 Å². The third-order valence-electron chi connectivity index (χ3n) is 5.53. The number of rotatable bonds is 8. The first-order valence-corrected chi connectivity index (χ1v) is 11.2. The van der Waals surface area contributed by atoms with Crippen LogP contribution in [-0.2, 0) is 19.1 Å². The highest BCUT2D eigenvalue weighted by molar-refractivity contribution is 6.01. The summed E-state index contributed by atoms with van der Waals surface area (Å²) in [6.45, 7) is 7.28. The Balaban J connectivity index is 1.93. The van der Waals surface area contributed by atoms with E-state index in [4.69, 9.17) is 9.47 Å². The van der Waals surface area contributed by atoms with Crippen LogP contribution in [0.5, 0.6) is 0 Å².